The van der Waals surface area contributed by atoms with Crippen molar-refractivity contribution in [3.8, 4) is 0 Å². The van der Waals surface area contributed by atoms with Gasteiger partial charge in [-0.15, -0.1) is 0 Å². The first kappa shape index (κ1) is 13.3. The summed E-state index contributed by atoms with van der Waals surface area (Å²) in [4.78, 5) is 15.1. The van der Waals surface area contributed by atoms with Gasteiger partial charge in [0.1, 0.15) is 12.4 Å². The fourth-order valence-electron chi connectivity index (χ4n) is 1.02. The Hall–Kier alpha value is -1.76. The highest BCUT2D eigenvalue weighted by Gasteiger charge is 2.05. The number of amides is 1. The Bertz CT molecular complexity index is 357. The molecule has 17 heavy (non-hydrogen) atoms. The standard InChI is InChI=1S/C10H13F2N3O2/c11-8(12)6-17-4-3-10(16)15-9-2-1-7(13)5-14-9/h1-2,5,8H,3-4,6,13H2,(H,14,15,16). The van der Waals surface area contributed by atoms with Crippen LogP contribution in [-0.4, -0.2) is 30.5 Å². The van der Waals surface area contributed by atoms with Crippen LogP contribution in [0, 0.1) is 0 Å². The highest BCUT2D eigenvalue weighted by molar-refractivity contribution is 5.89. The number of pyridine rings is 1. The van der Waals surface area contributed by atoms with E-state index in [1.165, 1.54) is 6.20 Å². The van der Waals surface area contributed by atoms with Crippen molar-refractivity contribution in [3.05, 3.63) is 18.3 Å². The third kappa shape index (κ3) is 5.76. The lowest BCUT2D eigenvalue weighted by atomic mass is 10.4. The number of nitrogens with one attached hydrogen (secondary N) is 1. The Balaban J connectivity index is 2.23. The average molecular weight is 245 g/mol. The molecule has 0 bridgehead atoms. The molecule has 0 spiro atoms. The molecule has 1 heterocycles. The van der Waals surface area contributed by atoms with Crippen LogP contribution in [-0.2, 0) is 9.53 Å². The summed E-state index contributed by atoms with van der Waals surface area (Å²) in [7, 11) is 0. The third-order valence-corrected chi connectivity index (χ3v) is 1.77. The second-order valence-electron chi connectivity index (χ2n) is 3.24. The minimum absolute atomic E-state index is 0.00121. The second-order valence-corrected chi connectivity index (χ2v) is 3.24. The molecule has 7 heteroatoms. The number of nitrogens with two attached hydrogens (primary N) is 1. The highest BCUT2D eigenvalue weighted by atomic mass is 19.3. The lowest BCUT2D eigenvalue weighted by Gasteiger charge is -2.05. The minimum atomic E-state index is -2.52. The largest absolute Gasteiger partial charge is 0.397 e. The maximum Gasteiger partial charge on any atom is 0.261 e. The van der Waals surface area contributed by atoms with Gasteiger partial charge in [0.15, 0.2) is 0 Å². The van der Waals surface area contributed by atoms with Gasteiger partial charge in [-0.1, -0.05) is 0 Å². The topological polar surface area (TPSA) is 77.2 Å². The molecule has 0 atom stereocenters. The summed E-state index contributed by atoms with van der Waals surface area (Å²) in [5.74, 6) is 0.00889. The summed E-state index contributed by atoms with van der Waals surface area (Å²) >= 11 is 0. The first-order valence-corrected chi connectivity index (χ1v) is 4.95. The lowest BCUT2D eigenvalue weighted by Crippen LogP contribution is -2.16. The summed E-state index contributed by atoms with van der Waals surface area (Å²) < 4.78 is 28.0. The Morgan fingerprint density at radius 1 is 1.53 bits per heavy atom. The number of aromatic nitrogens is 1. The Kier molecular flexibility index (Phi) is 5.28. The number of rotatable bonds is 6. The molecule has 0 aromatic carbocycles. The molecule has 5 nitrogen and oxygen atoms in total. The van der Waals surface area contributed by atoms with Gasteiger partial charge in [0, 0.05) is 0 Å². The number of anilines is 2. The molecule has 1 aromatic heterocycles. The number of halogens is 2. The van der Waals surface area contributed by atoms with Gasteiger partial charge in [-0.2, -0.15) is 0 Å². The molecule has 0 aliphatic carbocycles. The zero-order valence-electron chi connectivity index (χ0n) is 9.03. The summed E-state index contributed by atoms with van der Waals surface area (Å²) in [6, 6.07) is 3.14. The van der Waals surface area contributed by atoms with Crippen molar-refractivity contribution < 1.29 is 18.3 Å². The predicted molar refractivity (Wildman–Crippen MR) is 58.7 cm³/mol. The number of ether oxygens (including phenoxy) is 1. The third-order valence-electron chi connectivity index (χ3n) is 1.77. The van der Waals surface area contributed by atoms with E-state index in [1.54, 1.807) is 12.1 Å². The highest BCUT2D eigenvalue weighted by Crippen LogP contribution is 2.06. The molecule has 0 radical (unpaired) electrons. The monoisotopic (exact) mass is 245 g/mol. The molecule has 0 aliphatic rings. The van der Waals surface area contributed by atoms with Crippen LogP contribution in [0.15, 0.2) is 18.3 Å². The van der Waals surface area contributed by atoms with Crippen molar-refractivity contribution in [1.29, 1.82) is 0 Å². The van der Waals surface area contributed by atoms with Crippen LogP contribution >= 0.6 is 0 Å². The lowest BCUT2D eigenvalue weighted by molar-refractivity contribution is -0.117. The van der Waals surface area contributed by atoms with Gasteiger partial charge in [-0.3, -0.25) is 4.79 Å². The molecule has 94 valence electrons. The van der Waals surface area contributed by atoms with Crippen molar-refractivity contribution in [2.45, 2.75) is 12.8 Å². The molecule has 3 N–H and O–H groups in total. The zero-order valence-corrected chi connectivity index (χ0v) is 9.03. The van der Waals surface area contributed by atoms with E-state index < -0.39 is 13.0 Å². The molecule has 0 saturated carbocycles. The van der Waals surface area contributed by atoms with E-state index in [9.17, 15) is 13.6 Å². The van der Waals surface area contributed by atoms with E-state index in [0.29, 0.717) is 11.5 Å². The van der Waals surface area contributed by atoms with Crippen molar-refractivity contribution in [1.82, 2.24) is 4.98 Å². The Labute approximate surface area is 97.0 Å². The molecule has 0 unspecified atom stereocenters. The van der Waals surface area contributed by atoms with Crippen LogP contribution in [0.25, 0.3) is 0 Å². The van der Waals surface area contributed by atoms with Gasteiger partial charge >= 0.3 is 0 Å². The smallest absolute Gasteiger partial charge is 0.261 e. The molecule has 0 aliphatic heterocycles. The number of hydrogen-bond acceptors (Lipinski definition) is 4. The minimum Gasteiger partial charge on any atom is -0.397 e. The van der Waals surface area contributed by atoms with Crippen molar-refractivity contribution in [2.24, 2.45) is 0 Å². The predicted octanol–water partition coefficient (Wildman–Crippen LogP) is 1.27. The fraction of sp³-hybridized carbons (Fsp3) is 0.400. The SMILES string of the molecule is Nc1ccc(NC(=O)CCOCC(F)F)nc1. The van der Waals surface area contributed by atoms with Gasteiger partial charge < -0.3 is 15.8 Å². The molecule has 1 amide bonds. The zero-order chi connectivity index (χ0) is 12.7. The Morgan fingerprint density at radius 3 is 2.88 bits per heavy atom. The van der Waals surface area contributed by atoms with E-state index in [2.05, 4.69) is 15.0 Å². The molecule has 1 aromatic rings. The van der Waals surface area contributed by atoms with Crippen LogP contribution < -0.4 is 11.1 Å². The van der Waals surface area contributed by atoms with E-state index in [-0.39, 0.29) is 18.9 Å². The van der Waals surface area contributed by atoms with Crippen molar-refractivity contribution >= 4 is 17.4 Å². The van der Waals surface area contributed by atoms with E-state index in [4.69, 9.17) is 5.73 Å². The summed E-state index contributed by atoms with van der Waals surface area (Å²) in [6.45, 7) is -0.710. The van der Waals surface area contributed by atoms with Crippen LogP contribution in [0.1, 0.15) is 6.42 Å². The van der Waals surface area contributed by atoms with Gasteiger partial charge in [0.05, 0.1) is 24.9 Å². The summed E-state index contributed by atoms with van der Waals surface area (Å²) in [5.41, 5.74) is 5.91. The van der Waals surface area contributed by atoms with E-state index >= 15 is 0 Å². The molecule has 1 rings (SSSR count). The first-order chi connectivity index (χ1) is 8.08. The van der Waals surface area contributed by atoms with Gasteiger partial charge in [-0.05, 0) is 12.1 Å². The maximum atomic E-state index is 11.7. The molecular formula is C10H13F2N3O2. The van der Waals surface area contributed by atoms with Crippen LogP contribution in [0.2, 0.25) is 0 Å². The summed E-state index contributed by atoms with van der Waals surface area (Å²) in [6.07, 6.45) is -1.11. The second kappa shape index (κ2) is 6.74. The molecular weight excluding hydrogens is 232 g/mol. The number of carbonyl (C=O) groups excluding carboxylic acids is 1. The number of alkyl halides is 2. The van der Waals surface area contributed by atoms with Crippen LogP contribution in [0.3, 0.4) is 0 Å². The summed E-state index contributed by atoms with van der Waals surface area (Å²) in [5, 5.41) is 2.48. The quantitative estimate of drug-likeness (QED) is 0.740. The van der Waals surface area contributed by atoms with Crippen molar-refractivity contribution in [2.75, 3.05) is 24.3 Å². The average Bonchev–Trinajstić information content (AvgIpc) is 2.27. The van der Waals surface area contributed by atoms with Crippen molar-refractivity contribution in [3.63, 3.8) is 0 Å². The van der Waals surface area contributed by atoms with Gasteiger partial charge in [0.2, 0.25) is 5.91 Å². The van der Waals surface area contributed by atoms with Gasteiger partial charge in [0.25, 0.3) is 6.43 Å². The normalized spacial score (nSPS) is 10.5. The first-order valence-electron chi connectivity index (χ1n) is 4.95. The molecule has 0 saturated heterocycles. The number of hydrogen-bond donors (Lipinski definition) is 2. The number of nitrogen functional groups attached to an aromatic ring is 1. The Morgan fingerprint density at radius 2 is 2.29 bits per heavy atom. The van der Waals surface area contributed by atoms with E-state index in [0.717, 1.165) is 0 Å². The van der Waals surface area contributed by atoms with Crippen LogP contribution in [0.4, 0.5) is 20.3 Å². The van der Waals surface area contributed by atoms with E-state index in [1.807, 2.05) is 0 Å². The molecule has 0 fully saturated rings. The number of carbonyl (C=O) groups is 1. The van der Waals surface area contributed by atoms with Crippen LogP contribution in [0.5, 0.6) is 0 Å². The number of nitrogens with zero attached hydrogens (tertiary/aromatic N) is 1. The maximum absolute atomic E-state index is 11.7. The van der Waals surface area contributed by atoms with Gasteiger partial charge in [-0.25, -0.2) is 13.8 Å². The fourth-order valence-corrected chi connectivity index (χ4v) is 1.02.